The zero-order chi connectivity index (χ0) is 10.3. The molecular formula is C14H14S. The van der Waals surface area contributed by atoms with Gasteiger partial charge in [-0.2, -0.15) is 0 Å². The normalized spacial score (nSPS) is 17.7. The van der Waals surface area contributed by atoms with Gasteiger partial charge in [0.05, 0.1) is 0 Å². The van der Waals surface area contributed by atoms with Crippen molar-refractivity contribution in [3.8, 4) is 10.4 Å². The minimum absolute atomic E-state index is 0.479. The van der Waals surface area contributed by atoms with Crippen LogP contribution in [0.4, 0.5) is 0 Å². The molecule has 3 rings (SSSR count). The summed E-state index contributed by atoms with van der Waals surface area (Å²) in [5.74, 6) is 0. The lowest BCUT2D eigenvalue weighted by molar-refractivity contribution is 0.788. The second-order valence-electron chi connectivity index (χ2n) is 4.62. The molecule has 0 bridgehead atoms. The van der Waals surface area contributed by atoms with Crippen molar-refractivity contribution in [2.24, 2.45) is 0 Å². The van der Waals surface area contributed by atoms with Gasteiger partial charge in [0.1, 0.15) is 0 Å². The summed E-state index contributed by atoms with van der Waals surface area (Å²) in [6, 6.07) is 13.3. The van der Waals surface area contributed by atoms with Crippen molar-refractivity contribution < 1.29 is 0 Å². The molecule has 76 valence electrons. The smallest absolute Gasteiger partial charge is 0.0342 e. The predicted molar refractivity (Wildman–Crippen MR) is 66.3 cm³/mol. The summed E-state index contributed by atoms with van der Waals surface area (Å²) in [6.45, 7) is 2.36. The van der Waals surface area contributed by atoms with Crippen molar-refractivity contribution in [1.82, 2.24) is 0 Å². The fourth-order valence-electron chi connectivity index (χ4n) is 1.97. The third kappa shape index (κ3) is 1.61. The second kappa shape index (κ2) is 3.21. The highest BCUT2D eigenvalue weighted by molar-refractivity contribution is 7.13. The van der Waals surface area contributed by atoms with E-state index in [1.807, 2.05) is 11.3 Å². The molecule has 0 atom stereocenters. The summed E-state index contributed by atoms with van der Waals surface area (Å²) in [6.07, 6.45) is 2.70. The van der Waals surface area contributed by atoms with Crippen LogP contribution >= 0.6 is 11.3 Å². The Morgan fingerprint density at radius 3 is 2.67 bits per heavy atom. The van der Waals surface area contributed by atoms with Crippen molar-refractivity contribution in [2.45, 2.75) is 25.2 Å². The molecule has 0 saturated heterocycles. The van der Waals surface area contributed by atoms with Gasteiger partial charge < -0.3 is 0 Å². The molecule has 2 aromatic rings. The lowest BCUT2D eigenvalue weighted by atomic mass is 9.96. The van der Waals surface area contributed by atoms with Crippen LogP contribution in [0, 0.1) is 0 Å². The molecule has 0 spiro atoms. The van der Waals surface area contributed by atoms with Crippen LogP contribution in [0.3, 0.4) is 0 Å². The third-order valence-electron chi connectivity index (χ3n) is 3.37. The minimum Gasteiger partial charge on any atom is -0.144 e. The number of benzene rings is 1. The van der Waals surface area contributed by atoms with Crippen LogP contribution in [0.2, 0.25) is 0 Å². The lowest BCUT2D eigenvalue weighted by Gasteiger charge is -2.09. The Morgan fingerprint density at radius 2 is 2.00 bits per heavy atom. The fraction of sp³-hybridized carbons (Fsp3) is 0.286. The molecule has 0 nitrogen and oxygen atoms in total. The maximum absolute atomic E-state index is 2.36. The minimum atomic E-state index is 0.479. The van der Waals surface area contributed by atoms with Crippen molar-refractivity contribution >= 4 is 11.3 Å². The van der Waals surface area contributed by atoms with E-state index in [0.717, 1.165) is 0 Å². The highest BCUT2D eigenvalue weighted by atomic mass is 32.1. The molecule has 0 N–H and O–H groups in total. The third-order valence-corrected chi connectivity index (χ3v) is 4.28. The summed E-state index contributed by atoms with van der Waals surface area (Å²) < 4.78 is 0. The molecule has 1 aromatic carbocycles. The first-order valence-electron chi connectivity index (χ1n) is 5.42. The molecule has 0 radical (unpaired) electrons. The number of thiophene rings is 1. The Kier molecular flexibility index (Phi) is 1.96. The van der Waals surface area contributed by atoms with Crippen molar-refractivity contribution in [3.05, 3.63) is 47.3 Å². The van der Waals surface area contributed by atoms with E-state index in [1.165, 1.54) is 28.8 Å². The molecule has 1 aromatic heterocycles. The zero-order valence-electron chi connectivity index (χ0n) is 8.86. The summed E-state index contributed by atoms with van der Waals surface area (Å²) in [7, 11) is 0. The SMILES string of the molecule is CC1(c2cccc(-c3cccs3)c2)CC1. The molecule has 0 unspecified atom stereocenters. The van der Waals surface area contributed by atoms with Gasteiger partial charge >= 0.3 is 0 Å². The Morgan fingerprint density at radius 1 is 1.13 bits per heavy atom. The van der Waals surface area contributed by atoms with Gasteiger partial charge in [0, 0.05) is 4.88 Å². The van der Waals surface area contributed by atoms with E-state index in [9.17, 15) is 0 Å². The van der Waals surface area contributed by atoms with Gasteiger partial charge in [-0.05, 0) is 46.9 Å². The largest absolute Gasteiger partial charge is 0.144 e. The first kappa shape index (κ1) is 9.17. The van der Waals surface area contributed by atoms with Crippen LogP contribution in [-0.4, -0.2) is 0 Å². The Hall–Kier alpha value is -1.08. The molecule has 15 heavy (non-hydrogen) atoms. The van der Waals surface area contributed by atoms with Crippen LogP contribution in [0.1, 0.15) is 25.3 Å². The number of hydrogen-bond acceptors (Lipinski definition) is 1. The summed E-state index contributed by atoms with van der Waals surface area (Å²) in [5, 5.41) is 2.14. The van der Waals surface area contributed by atoms with Gasteiger partial charge in [0.15, 0.2) is 0 Å². The second-order valence-corrected chi connectivity index (χ2v) is 5.57. The van der Waals surface area contributed by atoms with E-state index >= 15 is 0 Å². The molecule has 1 saturated carbocycles. The van der Waals surface area contributed by atoms with Gasteiger partial charge in [-0.15, -0.1) is 11.3 Å². The number of hydrogen-bond donors (Lipinski definition) is 0. The fourth-order valence-corrected chi connectivity index (χ4v) is 2.69. The van der Waals surface area contributed by atoms with Gasteiger partial charge in [-0.3, -0.25) is 0 Å². The van der Waals surface area contributed by atoms with Crippen molar-refractivity contribution in [2.75, 3.05) is 0 Å². The van der Waals surface area contributed by atoms with Crippen LogP contribution < -0.4 is 0 Å². The average molecular weight is 214 g/mol. The van der Waals surface area contributed by atoms with E-state index < -0.39 is 0 Å². The summed E-state index contributed by atoms with van der Waals surface area (Å²) >= 11 is 1.82. The lowest BCUT2D eigenvalue weighted by Crippen LogP contribution is -1.98. The maximum atomic E-state index is 2.36. The van der Waals surface area contributed by atoms with E-state index in [1.54, 1.807) is 0 Å². The van der Waals surface area contributed by atoms with Crippen molar-refractivity contribution in [3.63, 3.8) is 0 Å². The predicted octanol–water partition coefficient (Wildman–Crippen LogP) is 4.47. The van der Waals surface area contributed by atoms with Crippen LogP contribution in [0.25, 0.3) is 10.4 Å². The highest BCUT2D eigenvalue weighted by Gasteiger charge is 2.38. The molecule has 1 aliphatic carbocycles. The molecule has 0 amide bonds. The van der Waals surface area contributed by atoms with Crippen molar-refractivity contribution in [1.29, 1.82) is 0 Å². The first-order chi connectivity index (χ1) is 7.28. The molecular weight excluding hydrogens is 200 g/mol. The van der Waals surface area contributed by atoms with E-state index in [2.05, 4.69) is 48.7 Å². The van der Waals surface area contributed by atoms with Gasteiger partial charge in [-0.1, -0.05) is 31.2 Å². The van der Waals surface area contributed by atoms with Gasteiger partial charge in [0.25, 0.3) is 0 Å². The van der Waals surface area contributed by atoms with Gasteiger partial charge in [0.2, 0.25) is 0 Å². The zero-order valence-corrected chi connectivity index (χ0v) is 9.68. The molecule has 1 heteroatoms. The topological polar surface area (TPSA) is 0 Å². The molecule has 1 heterocycles. The maximum Gasteiger partial charge on any atom is 0.0342 e. The Bertz CT molecular complexity index is 464. The van der Waals surface area contributed by atoms with E-state index in [-0.39, 0.29) is 0 Å². The standard InChI is InChI=1S/C14H14S/c1-14(7-8-14)12-5-2-4-11(10-12)13-6-3-9-15-13/h2-6,9-10H,7-8H2,1H3. The molecule has 0 aliphatic heterocycles. The Balaban J connectivity index is 2.04. The van der Waals surface area contributed by atoms with Crippen LogP contribution in [-0.2, 0) is 5.41 Å². The summed E-state index contributed by atoms with van der Waals surface area (Å²) in [5.41, 5.74) is 3.36. The first-order valence-corrected chi connectivity index (χ1v) is 6.30. The average Bonchev–Trinajstić information content (AvgIpc) is 2.84. The monoisotopic (exact) mass is 214 g/mol. The Labute approximate surface area is 94.6 Å². The highest BCUT2D eigenvalue weighted by Crippen LogP contribution is 2.48. The van der Waals surface area contributed by atoms with Crippen LogP contribution in [0.5, 0.6) is 0 Å². The van der Waals surface area contributed by atoms with E-state index in [0.29, 0.717) is 5.41 Å². The van der Waals surface area contributed by atoms with Gasteiger partial charge in [-0.25, -0.2) is 0 Å². The molecule has 1 fully saturated rings. The molecule has 1 aliphatic rings. The summed E-state index contributed by atoms with van der Waals surface area (Å²) in [4.78, 5) is 1.38. The van der Waals surface area contributed by atoms with Crippen LogP contribution in [0.15, 0.2) is 41.8 Å². The van der Waals surface area contributed by atoms with E-state index in [4.69, 9.17) is 0 Å². The number of rotatable bonds is 2. The quantitative estimate of drug-likeness (QED) is 0.692.